The van der Waals surface area contributed by atoms with Crippen molar-refractivity contribution in [3.05, 3.63) is 71.8 Å². The van der Waals surface area contributed by atoms with Crippen molar-refractivity contribution in [2.24, 2.45) is 0 Å². The second-order valence-electron chi connectivity index (χ2n) is 6.40. The van der Waals surface area contributed by atoms with Crippen molar-refractivity contribution in [3.63, 3.8) is 0 Å². The van der Waals surface area contributed by atoms with Crippen LogP contribution in [0.25, 0.3) is 6.08 Å². The third-order valence-electron chi connectivity index (χ3n) is 4.33. The lowest BCUT2D eigenvalue weighted by Gasteiger charge is -2.15. The smallest absolute Gasteiger partial charge is 0.282 e. The summed E-state index contributed by atoms with van der Waals surface area (Å²) in [4.78, 5) is 25.3. The minimum atomic E-state index is -0.472. The van der Waals surface area contributed by atoms with Crippen LogP contribution in [0.2, 0.25) is 0 Å². The van der Waals surface area contributed by atoms with Gasteiger partial charge in [-0.25, -0.2) is 5.01 Å². The standard InChI is InChI=1S/C24H22N2O4/c1-4-10-18-14-17(16-21(29-6-3)22(18)30-13-5-2)15-20-23(27)25-26(24(20)28)19-11-8-7-9-12-19/h2,4,7-9,11-12,14-16H,1,6,10,13H2,3H3,(H,25,27). The minimum absolute atomic E-state index is 0.0307. The largest absolute Gasteiger partial charge is 0.490 e. The van der Waals surface area contributed by atoms with Crippen LogP contribution in [0.5, 0.6) is 11.5 Å². The Bertz CT molecular complexity index is 1040. The molecule has 1 aliphatic rings. The lowest BCUT2D eigenvalue weighted by molar-refractivity contribution is -0.117. The van der Waals surface area contributed by atoms with Crippen LogP contribution in [0.4, 0.5) is 5.69 Å². The first kappa shape index (κ1) is 20.7. The van der Waals surface area contributed by atoms with E-state index in [2.05, 4.69) is 17.9 Å². The van der Waals surface area contributed by atoms with E-state index in [4.69, 9.17) is 15.9 Å². The molecule has 1 fully saturated rings. The summed E-state index contributed by atoms with van der Waals surface area (Å²) in [5, 5.41) is 1.23. The quantitative estimate of drug-likeness (QED) is 0.318. The molecule has 0 aromatic heterocycles. The first-order chi connectivity index (χ1) is 14.6. The molecule has 2 aromatic carbocycles. The van der Waals surface area contributed by atoms with Crippen LogP contribution in [0, 0.1) is 12.3 Å². The number of anilines is 1. The van der Waals surface area contributed by atoms with Gasteiger partial charge in [0.2, 0.25) is 0 Å². The Hall–Kier alpha value is -3.98. The van der Waals surface area contributed by atoms with Crippen LogP contribution >= 0.6 is 0 Å². The molecule has 0 aliphatic carbocycles. The molecule has 0 atom stereocenters. The monoisotopic (exact) mass is 402 g/mol. The van der Waals surface area contributed by atoms with Gasteiger partial charge in [-0.15, -0.1) is 13.0 Å². The predicted molar refractivity (Wildman–Crippen MR) is 116 cm³/mol. The average Bonchev–Trinajstić information content (AvgIpc) is 3.02. The van der Waals surface area contributed by atoms with Gasteiger partial charge in [0.15, 0.2) is 11.5 Å². The van der Waals surface area contributed by atoms with Crippen LogP contribution in [-0.4, -0.2) is 25.0 Å². The van der Waals surface area contributed by atoms with E-state index in [1.165, 1.54) is 5.01 Å². The van der Waals surface area contributed by atoms with Crippen molar-refractivity contribution in [1.82, 2.24) is 5.43 Å². The first-order valence-corrected chi connectivity index (χ1v) is 9.48. The molecule has 1 heterocycles. The minimum Gasteiger partial charge on any atom is -0.490 e. The molecule has 1 aliphatic heterocycles. The molecule has 2 amide bonds. The van der Waals surface area contributed by atoms with Crippen molar-refractivity contribution in [3.8, 4) is 23.8 Å². The number of benzene rings is 2. The molecule has 0 bridgehead atoms. The summed E-state index contributed by atoms with van der Waals surface area (Å²) in [6.45, 7) is 6.15. The summed E-state index contributed by atoms with van der Waals surface area (Å²) in [5.74, 6) is 2.56. The van der Waals surface area contributed by atoms with E-state index in [-0.39, 0.29) is 12.2 Å². The van der Waals surface area contributed by atoms with E-state index in [1.54, 1.807) is 42.5 Å². The maximum Gasteiger partial charge on any atom is 0.282 e. The number of ether oxygens (including phenoxy) is 2. The number of rotatable bonds is 8. The fourth-order valence-electron chi connectivity index (χ4n) is 3.10. The summed E-state index contributed by atoms with van der Waals surface area (Å²) >= 11 is 0. The van der Waals surface area contributed by atoms with E-state index in [0.29, 0.717) is 35.8 Å². The number of nitrogens with one attached hydrogen (secondary N) is 1. The molecule has 2 aromatic rings. The van der Waals surface area contributed by atoms with Crippen molar-refractivity contribution in [2.45, 2.75) is 13.3 Å². The third-order valence-corrected chi connectivity index (χ3v) is 4.33. The Morgan fingerprint density at radius 1 is 1.20 bits per heavy atom. The van der Waals surface area contributed by atoms with Gasteiger partial charge in [-0.1, -0.05) is 30.2 Å². The Balaban J connectivity index is 2.01. The van der Waals surface area contributed by atoms with Gasteiger partial charge in [0.25, 0.3) is 11.8 Å². The van der Waals surface area contributed by atoms with Gasteiger partial charge in [-0.3, -0.25) is 15.0 Å². The van der Waals surface area contributed by atoms with Crippen LogP contribution in [0.3, 0.4) is 0 Å². The highest BCUT2D eigenvalue weighted by Crippen LogP contribution is 2.35. The Morgan fingerprint density at radius 3 is 2.63 bits per heavy atom. The molecule has 6 heteroatoms. The van der Waals surface area contributed by atoms with Crippen LogP contribution in [-0.2, 0) is 16.0 Å². The second kappa shape index (κ2) is 9.48. The fourth-order valence-corrected chi connectivity index (χ4v) is 3.10. The number of hydrogen-bond donors (Lipinski definition) is 1. The molecule has 0 unspecified atom stereocenters. The van der Waals surface area contributed by atoms with Gasteiger partial charge in [0.1, 0.15) is 12.2 Å². The average molecular weight is 402 g/mol. The van der Waals surface area contributed by atoms with Gasteiger partial charge >= 0.3 is 0 Å². The molecule has 152 valence electrons. The molecule has 1 saturated heterocycles. The molecule has 0 radical (unpaired) electrons. The molecule has 0 spiro atoms. The van der Waals surface area contributed by atoms with E-state index < -0.39 is 11.8 Å². The van der Waals surface area contributed by atoms with E-state index in [9.17, 15) is 9.59 Å². The molecular weight excluding hydrogens is 380 g/mol. The third kappa shape index (κ3) is 4.36. The number of nitrogens with zero attached hydrogens (tertiary/aromatic N) is 1. The lowest BCUT2D eigenvalue weighted by Crippen LogP contribution is -2.35. The zero-order valence-corrected chi connectivity index (χ0v) is 16.7. The summed E-state index contributed by atoms with van der Waals surface area (Å²) < 4.78 is 11.4. The Morgan fingerprint density at radius 2 is 1.97 bits per heavy atom. The number of carbonyl (C=O) groups is 2. The first-order valence-electron chi connectivity index (χ1n) is 9.48. The second-order valence-corrected chi connectivity index (χ2v) is 6.40. The molecule has 30 heavy (non-hydrogen) atoms. The van der Waals surface area contributed by atoms with Gasteiger partial charge in [0.05, 0.1) is 12.3 Å². The van der Waals surface area contributed by atoms with Crippen LogP contribution < -0.4 is 19.9 Å². The highest BCUT2D eigenvalue weighted by molar-refractivity contribution is 6.31. The maximum absolute atomic E-state index is 12.8. The van der Waals surface area contributed by atoms with E-state index in [1.807, 2.05) is 19.1 Å². The number of amides is 2. The zero-order chi connectivity index (χ0) is 21.5. The van der Waals surface area contributed by atoms with Gasteiger partial charge in [0, 0.05) is 5.56 Å². The summed E-state index contributed by atoms with van der Waals surface area (Å²) in [7, 11) is 0. The number of para-hydroxylation sites is 1. The number of allylic oxidation sites excluding steroid dienone is 1. The zero-order valence-electron chi connectivity index (χ0n) is 16.7. The Labute approximate surface area is 175 Å². The normalized spacial score (nSPS) is 14.4. The SMILES string of the molecule is C#CCOc1c(CC=C)cc(C=C2C(=O)NN(c3ccccc3)C2=O)cc1OCC. The van der Waals surface area contributed by atoms with Gasteiger partial charge < -0.3 is 9.47 Å². The Kier molecular flexibility index (Phi) is 6.56. The molecule has 3 rings (SSSR count). The maximum atomic E-state index is 12.8. The van der Waals surface area contributed by atoms with Gasteiger partial charge in [-0.05, 0) is 49.2 Å². The molecule has 0 saturated carbocycles. The van der Waals surface area contributed by atoms with E-state index in [0.717, 1.165) is 5.56 Å². The van der Waals surface area contributed by atoms with Crippen LogP contribution in [0.1, 0.15) is 18.1 Å². The number of hydrazine groups is 1. The fraction of sp³-hybridized carbons (Fsp3) is 0.167. The molecular formula is C24H22N2O4. The molecule has 1 N–H and O–H groups in total. The van der Waals surface area contributed by atoms with Crippen molar-refractivity contribution >= 4 is 23.6 Å². The summed E-state index contributed by atoms with van der Waals surface area (Å²) in [6.07, 6.45) is 9.10. The number of hydrogen-bond acceptors (Lipinski definition) is 4. The highest BCUT2D eigenvalue weighted by atomic mass is 16.5. The topological polar surface area (TPSA) is 67.9 Å². The van der Waals surface area contributed by atoms with Crippen LogP contribution in [0.15, 0.2) is 60.7 Å². The lowest BCUT2D eigenvalue weighted by atomic mass is 10.0. The number of terminal acetylenes is 1. The van der Waals surface area contributed by atoms with Crippen molar-refractivity contribution in [2.75, 3.05) is 18.2 Å². The highest BCUT2D eigenvalue weighted by Gasteiger charge is 2.34. The predicted octanol–water partition coefficient (Wildman–Crippen LogP) is 3.29. The summed E-state index contributed by atoms with van der Waals surface area (Å²) in [5.41, 5.74) is 4.64. The van der Waals surface area contributed by atoms with Gasteiger partial charge in [-0.2, -0.15) is 0 Å². The summed E-state index contributed by atoms with van der Waals surface area (Å²) in [6, 6.07) is 12.5. The van der Waals surface area contributed by atoms with Crippen molar-refractivity contribution in [1.29, 1.82) is 0 Å². The van der Waals surface area contributed by atoms with Crippen molar-refractivity contribution < 1.29 is 19.1 Å². The number of carbonyl (C=O) groups excluding carboxylic acids is 2. The molecule has 6 nitrogen and oxygen atoms in total. The van der Waals surface area contributed by atoms with E-state index >= 15 is 0 Å².